The Hall–Kier alpha value is -2.95. The van der Waals surface area contributed by atoms with Crippen LogP contribution in [0.2, 0.25) is 0 Å². The monoisotopic (exact) mass is 412 g/mol. The van der Waals surface area contributed by atoms with Crippen molar-refractivity contribution in [1.29, 1.82) is 0 Å². The third-order valence-corrected chi connectivity index (χ3v) is 4.20. The molecule has 4 atom stereocenters. The van der Waals surface area contributed by atoms with Crippen LogP contribution in [0.15, 0.2) is 29.2 Å². The SMILES string of the molecule is C=C(C)COc1ccn([C@@H]2O[C@](F)(COC(=O)C(C)C)[C@H]3OC(=O)O[C@@H]23)c(=O)n1. The molecule has 2 saturated heterocycles. The predicted molar refractivity (Wildman–Crippen MR) is 93.7 cm³/mol. The average Bonchev–Trinajstić information content (AvgIpc) is 3.15. The Morgan fingerprint density at radius 3 is 2.76 bits per heavy atom. The van der Waals surface area contributed by atoms with Crippen molar-refractivity contribution in [1.82, 2.24) is 9.55 Å². The van der Waals surface area contributed by atoms with Gasteiger partial charge in [-0.25, -0.2) is 14.0 Å². The summed E-state index contributed by atoms with van der Waals surface area (Å²) < 4.78 is 41.7. The number of rotatable bonds is 7. The number of halogens is 1. The van der Waals surface area contributed by atoms with E-state index >= 15 is 4.39 Å². The lowest BCUT2D eigenvalue weighted by Crippen LogP contribution is -2.43. The molecule has 0 spiro atoms. The van der Waals surface area contributed by atoms with E-state index < -0.39 is 54.6 Å². The van der Waals surface area contributed by atoms with Crippen molar-refractivity contribution >= 4 is 12.1 Å². The molecule has 0 amide bonds. The summed E-state index contributed by atoms with van der Waals surface area (Å²) in [5, 5.41) is 0. The van der Waals surface area contributed by atoms with Gasteiger partial charge in [0.1, 0.15) is 6.61 Å². The topological polar surface area (TPSA) is 115 Å². The van der Waals surface area contributed by atoms with Crippen LogP contribution in [0.1, 0.15) is 27.0 Å². The largest absolute Gasteiger partial charge is 0.509 e. The van der Waals surface area contributed by atoms with Crippen LogP contribution in [0, 0.1) is 5.92 Å². The molecule has 2 aliphatic heterocycles. The number of aromatic nitrogens is 2. The van der Waals surface area contributed by atoms with E-state index in [-0.39, 0.29) is 12.5 Å². The minimum absolute atomic E-state index is 0.0424. The molecule has 0 saturated carbocycles. The fraction of sp³-hybridized carbons (Fsp3) is 0.556. The van der Waals surface area contributed by atoms with Crippen molar-refractivity contribution < 1.29 is 37.7 Å². The molecule has 11 heteroatoms. The van der Waals surface area contributed by atoms with Crippen LogP contribution in [0.3, 0.4) is 0 Å². The number of esters is 1. The zero-order valence-electron chi connectivity index (χ0n) is 16.1. The minimum atomic E-state index is -2.69. The molecule has 0 N–H and O–H groups in total. The fourth-order valence-corrected chi connectivity index (χ4v) is 2.78. The number of ether oxygens (including phenoxy) is 5. The van der Waals surface area contributed by atoms with E-state index in [1.54, 1.807) is 20.8 Å². The van der Waals surface area contributed by atoms with Gasteiger partial charge in [0.15, 0.2) is 18.9 Å². The highest BCUT2D eigenvalue weighted by Gasteiger charge is 2.65. The molecular weight excluding hydrogens is 391 g/mol. The molecule has 0 bridgehead atoms. The highest BCUT2D eigenvalue weighted by Crippen LogP contribution is 2.44. The maximum absolute atomic E-state index is 15.4. The lowest BCUT2D eigenvalue weighted by atomic mass is 10.1. The van der Waals surface area contributed by atoms with Gasteiger partial charge in [0.2, 0.25) is 12.0 Å². The summed E-state index contributed by atoms with van der Waals surface area (Å²) in [6, 6.07) is 1.37. The molecule has 1 aromatic heterocycles. The maximum Gasteiger partial charge on any atom is 0.509 e. The summed E-state index contributed by atoms with van der Waals surface area (Å²) in [5.41, 5.74) is -0.0922. The number of nitrogens with zero attached hydrogens (tertiary/aromatic N) is 2. The molecule has 1 aromatic rings. The lowest BCUT2D eigenvalue weighted by molar-refractivity contribution is -0.220. The molecule has 3 rings (SSSR count). The van der Waals surface area contributed by atoms with E-state index in [0.29, 0.717) is 0 Å². The summed E-state index contributed by atoms with van der Waals surface area (Å²) in [7, 11) is 0. The third-order valence-electron chi connectivity index (χ3n) is 4.20. The molecule has 0 radical (unpaired) electrons. The summed E-state index contributed by atoms with van der Waals surface area (Å²) >= 11 is 0. The van der Waals surface area contributed by atoms with Crippen LogP contribution < -0.4 is 10.4 Å². The van der Waals surface area contributed by atoms with Crippen molar-refractivity contribution in [2.45, 2.75) is 45.1 Å². The number of fused-ring (bicyclic) bond motifs is 1. The second kappa shape index (κ2) is 7.82. The first kappa shape index (κ1) is 20.8. The fourth-order valence-electron chi connectivity index (χ4n) is 2.78. The minimum Gasteiger partial charge on any atom is -0.473 e. The predicted octanol–water partition coefficient (Wildman–Crippen LogP) is 1.50. The Balaban J connectivity index is 1.82. The molecule has 29 heavy (non-hydrogen) atoms. The van der Waals surface area contributed by atoms with Crippen molar-refractivity contribution in [3.05, 3.63) is 34.9 Å². The molecule has 158 valence electrons. The Labute approximate surface area is 165 Å². The first-order valence-electron chi connectivity index (χ1n) is 8.88. The van der Waals surface area contributed by atoms with Gasteiger partial charge in [-0.05, 0) is 12.5 Å². The first-order valence-corrected chi connectivity index (χ1v) is 8.88. The van der Waals surface area contributed by atoms with Crippen molar-refractivity contribution in [2.75, 3.05) is 13.2 Å². The Morgan fingerprint density at radius 1 is 1.41 bits per heavy atom. The number of hydrogen-bond donors (Lipinski definition) is 0. The van der Waals surface area contributed by atoms with E-state index in [4.69, 9.17) is 23.7 Å². The number of hydrogen-bond acceptors (Lipinski definition) is 9. The van der Waals surface area contributed by atoms with E-state index in [1.807, 2.05) is 0 Å². The van der Waals surface area contributed by atoms with Gasteiger partial charge in [-0.2, -0.15) is 4.98 Å². The standard InChI is InChI=1S/C18H21FN2O8/c1-9(2)7-25-11-5-6-21(16(23)20-11)14-12-13(28-17(24)27-12)18(19,29-14)8-26-15(22)10(3)4/h5-6,10,12-14H,1,7-8H2,2-4H3/t12-,13+,14-,18-/m1/s1. The quantitative estimate of drug-likeness (QED) is 0.485. The summed E-state index contributed by atoms with van der Waals surface area (Å²) in [5.74, 6) is -3.80. The second-order valence-corrected chi connectivity index (χ2v) is 7.13. The first-order chi connectivity index (χ1) is 13.6. The second-order valence-electron chi connectivity index (χ2n) is 7.13. The van der Waals surface area contributed by atoms with Gasteiger partial charge in [0.25, 0.3) is 5.85 Å². The Kier molecular flexibility index (Phi) is 5.60. The molecule has 0 unspecified atom stereocenters. The highest BCUT2D eigenvalue weighted by atomic mass is 19.2. The zero-order valence-corrected chi connectivity index (χ0v) is 16.1. The van der Waals surface area contributed by atoms with Crippen LogP contribution in [0.4, 0.5) is 9.18 Å². The Bertz CT molecular complexity index is 885. The van der Waals surface area contributed by atoms with Crippen LogP contribution in [0.25, 0.3) is 0 Å². The maximum atomic E-state index is 15.4. The summed E-state index contributed by atoms with van der Waals surface area (Å²) in [4.78, 5) is 39.4. The van der Waals surface area contributed by atoms with Gasteiger partial charge in [-0.1, -0.05) is 20.4 Å². The van der Waals surface area contributed by atoms with Crippen LogP contribution >= 0.6 is 0 Å². The summed E-state index contributed by atoms with van der Waals surface area (Å²) in [6.07, 6.45) is -4.02. The van der Waals surface area contributed by atoms with Gasteiger partial charge < -0.3 is 23.7 Å². The number of alkyl halides is 1. The van der Waals surface area contributed by atoms with Crippen molar-refractivity contribution in [2.24, 2.45) is 5.92 Å². The van der Waals surface area contributed by atoms with Gasteiger partial charge in [-0.15, -0.1) is 0 Å². The van der Waals surface area contributed by atoms with E-state index in [1.165, 1.54) is 12.3 Å². The molecule has 3 heterocycles. The van der Waals surface area contributed by atoms with E-state index in [2.05, 4.69) is 11.6 Å². The zero-order chi connectivity index (χ0) is 21.3. The molecule has 2 aliphatic rings. The average molecular weight is 412 g/mol. The molecule has 2 fully saturated rings. The van der Waals surface area contributed by atoms with Gasteiger partial charge in [0, 0.05) is 12.3 Å². The van der Waals surface area contributed by atoms with Gasteiger partial charge in [-0.3, -0.25) is 9.36 Å². The molecule has 0 aromatic carbocycles. The summed E-state index contributed by atoms with van der Waals surface area (Å²) in [6.45, 7) is 7.92. The molecule has 10 nitrogen and oxygen atoms in total. The van der Waals surface area contributed by atoms with Crippen molar-refractivity contribution in [3.8, 4) is 5.88 Å². The molecular formula is C18H21FN2O8. The highest BCUT2D eigenvalue weighted by molar-refractivity contribution is 5.71. The number of carbonyl (C=O) groups is 2. The van der Waals surface area contributed by atoms with Crippen LogP contribution in [0.5, 0.6) is 5.88 Å². The van der Waals surface area contributed by atoms with E-state index in [0.717, 1.165) is 10.1 Å². The normalized spacial score (nSPS) is 27.9. The smallest absolute Gasteiger partial charge is 0.473 e. The van der Waals surface area contributed by atoms with Crippen molar-refractivity contribution in [3.63, 3.8) is 0 Å². The lowest BCUT2D eigenvalue weighted by Gasteiger charge is -2.23. The number of carbonyl (C=O) groups excluding carboxylic acids is 2. The van der Waals surface area contributed by atoms with Crippen LogP contribution in [-0.4, -0.2) is 53.0 Å². The van der Waals surface area contributed by atoms with Crippen LogP contribution in [-0.2, 0) is 23.7 Å². The Morgan fingerprint density at radius 2 is 2.14 bits per heavy atom. The van der Waals surface area contributed by atoms with Gasteiger partial charge in [0.05, 0.1) is 5.92 Å². The third kappa shape index (κ3) is 4.24. The molecule has 0 aliphatic carbocycles. The van der Waals surface area contributed by atoms with E-state index in [9.17, 15) is 14.4 Å². The van der Waals surface area contributed by atoms with Gasteiger partial charge >= 0.3 is 17.8 Å².